The van der Waals surface area contributed by atoms with Gasteiger partial charge in [0.05, 0.1) is 17.4 Å². The first-order valence-corrected chi connectivity index (χ1v) is 8.06. The van der Waals surface area contributed by atoms with E-state index < -0.39 is 21.5 Å². The van der Waals surface area contributed by atoms with Crippen molar-refractivity contribution < 1.29 is 13.2 Å². The van der Waals surface area contributed by atoms with Crippen molar-refractivity contribution in [2.24, 2.45) is 0 Å². The van der Waals surface area contributed by atoms with E-state index in [1.54, 1.807) is 6.92 Å². The molecule has 0 aromatic heterocycles. The molecule has 108 valence electrons. The number of amides is 1. The maximum atomic E-state index is 12.1. The smallest absolute Gasteiger partial charge is 0.238 e. The van der Waals surface area contributed by atoms with Gasteiger partial charge in [0, 0.05) is 18.1 Å². The van der Waals surface area contributed by atoms with Crippen LogP contribution in [-0.2, 0) is 14.6 Å². The number of nitriles is 1. The molecule has 0 fully saturated rings. The van der Waals surface area contributed by atoms with Gasteiger partial charge in [-0.1, -0.05) is 11.6 Å². The second-order valence-electron chi connectivity index (χ2n) is 4.09. The fraction of sp³-hybridized carbons (Fsp3) is 0.385. The molecule has 0 bridgehead atoms. The summed E-state index contributed by atoms with van der Waals surface area (Å²) >= 11 is 5.70. The minimum atomic E-state index is -3.69. The van der Waals surface area contributed by atoms with E-state index in [-0.39, 0.29) is 17.9 Å². The highest BCUT2D eigenvalue weighted by atomic mass is 35.5. The van der Waals surface area contributed by atoms with E-state index in [9.17, 15) is 13.2 Å². The third-order valence-corrected chi connectivity index (χ3v) is 4.58. The molecular weight excluding hydrogens is 300 g/mol. The molecule has 1 amide bonds. The summed E-state index contributed by atoms with van der Waals surface area (Å²) in [6, 6.07) is 7.60. The van der Waals surface area contributed by atoms with Crippen molar-refractivity contribution in [1.82, 2.24) is 4.90 Å². The molecule has 20 heavy (non-hydrogen) atoms. The summed E-state index contributed by atoms with van der Waals surface area (Å²) in [4.78, 5) is 13.4. The number of carbonyl (C=O) groups excluding carboxylic acids is 1. The van der Waals surface area contributed by atoms with E-state index >= 15 is 0 Å². The number of carbonyl (C=O) groups is 1. The zero-order valence-electron chi connectivity index (χ0n) is 11.0. The van der Waals surface area contributed by atoms with Crippen LogP contribution in [0.25, 0.3) is 0 Å². The minimum absolute atomic E-state index is 0.0617. The van der Waals surface area contributed by atoms with Gasteiger partial charge in [-0.3, -0.25) is 4.79 Å². The number of benzene rings is 1. The first kappa shape index (κ1) is 16.5. The Labute approximate surface area is 123 Å². The Morgan fingerprint density at radius 3 is 2.45 bits per heavy atom. The molecule has 0 aliphatic rings. The maximum absolute atomic E-state index is 12.1. The summed E-state index contributed by atoms with van der Waals surface area (Å²) in [5.74, 6) is -1.11. The second-order valence-corrected chi connectivity index (χ2v) is 6.52. The molecule has 0 unspecified atom stereocenters. The Morgan fingerprint density at radius 2 is 1.95 bits per heavy atom. The average Bonchev–Trinajstić information content (AvgIpc) is 2.39. The van der Waals surface area contributed by atoms with Crippen LogP contribution in [0.15, 0.2) is 29.2 Å². The predicted molar refractivity (Wildman–Crippen MR) is 76.0 cm³/mol. The van der Waals surface area contributed by atoms with Crippen molar-refractivity contribution >= 4 is 27.3 Å². The highest BCUT2D eigenvalue weighted by molar-refractivity contribution is 7.92. The Hall–Kier alpha value is -1.58. The largest absolute Gasteiger partial charge is 0.341 e. The quantitative estimate of drug-likeness (QED) is 0.803. The molecular formula is C13H15ClN2O3S. The van der Waals surface area contributed by atoms with Gasteiger partial charge >= 0.3 is 0 Å². The van der Waals surface area contributed by atoms with Crippen LogP contribution in [0, 0.1) is 11.3 Å². The molecule has 0 radical (unpaired) electrons. The van der Waals surface area contributed by atoms with Crippen molar-refractivity contribution in [2.45, 2.75) is 18.2 Å². The molecule has 7 heteroatoms. The van der Waals surface area contributed by atoms with Gasteiger partial charge in [0.1, 0.15) is 5.75 Å². The first-order chi connectivity index (χ1) is 9.40. The summed E-state index contributed by atoms with van der Waals surface area (Å²) in [7, 11) is -3.69. The average molecular weight is 315 g/mol. The zero-order chi connectivity index (χ0) is 15.2. The van der Waals surface area contributed by atoms with Crippen molar-refractivity contribution in [1.29, 1.82) is 5.26 Å². The lowest BCUT2D eigenvalue weighted by molar-refractivity contribution is -0.128. The molecule has 0 aliphatic heterocycles. The van der Waals surface area contributed by atoms with Crippen LogP contribution >= 0.6 is 11.6 Å². The van der Waals surface area contributed by atoms with Crippen LogP contribution in [-0.4, -0.2) is 38.1 Å². The van der Waals surface area contributed by atoms with Gasteiger partial charge in [-0.05, 0) is 31.2 Å². The summed E-state index contributed by atoms with van der Waals surface area (Å²) in [6.45, 7) is 2.35. The summed E-state index contributed by atoms with van der Waals surface area (Å²) in [5.41, 5.74) is 0. The van der Waals surface area contributed by atoms with Gasteiger partial charge in [-0.25, -0.2) is 8.42 Å². The Balaban J connectivity index is 2.82. The van der Waals surface area contributed by atoms with E-state index in [4.69, 9.17) is 16.9 Å². The van der Waals surface area contributed by atoms with Crippen LogP contribution in [0.2, 0.25) is 5.02 Å². The number of rotatable bonds is 6. The molecule has 0 N–H and O–H groups in total. The molecule has 5 nitrogen and oxygen atoms in total. The summed E-state index contributed by atoms with van der Waals surface area (Å²) in [6.07, 6.45) is 0.181. The lowest BCUT2D eigenvalue weighted by atomic mass is 10.4. The highest BCUT2D eigenvalue weighted by Crippen LogP contribution is 2.15. The normalized spacial score (nSPS) is 10.8. The zero-order valence-corrected chi connectivity index (χ0v) is 12.6. The monoisotopic (exact) mass is 314 g/mol. The van der Waals surface area contributed by atoms with Gasteiger partial charge in [-0.15, -0.1) is 0 Å². The lowest BCUT2D eigenvalue weighted by Crippen LogP contribution is -2.36. The molecule has 0 saturated heterocycles. The number of hydrogen-bond donors (Lipinski definition) is 0. The van der Waals surface area contributed by atoms with E-state index in [0.29, 0.717) is 11.6 Å². The highest BCUT2D eigenvalue weighted by Gasteiger charge is 2.22. The Bertz CT molecular complexity index is 605. The third kappa shape index (κ3) is 4.51. The number of halogens is 1. The third-order valence-electron chi connectivity index (χ3n) is 2.71. The Kier molecular flexibility index (Phi) is 5.99. The molecule has 1 aromatic carbocycles. The van der Waals surface area contributed by atoms with E-state index in [1.165, 1.54) is 29.2 Å². The molecule has 0 heterocycles. The second kappa shape index (κ2) is 7.27. The SMILES string of the molecule is CCN(CCC#N)C(=O)CS(=O)(=O)c1ccc(Cl)cc1. The van der Waals surface area contributed by atoms with Gasteiger partial charge in [-0.2, -0.15) is 5.26 Å². The van der Waals surface area contributed by atoms with Crippen molar-refractivity contribution in [2.75, 3.05) is 18.8 Å². The minimum Gasteiger partial charge on any atom is -0.341 e. The number of sulfone groups is 1. The molecule has 1 aromatic rings. The Morgan fingerprint density at radius 1 is 1.35 bits per heavy atom. The molecule has 0 spiro atoms. The fourth-order valence-electron chi connectivity index (χ4n) is 1.62. The molecule has 0 atom stereocenters. The van der Waals surface area contributed by atoms with Crippen molar-refractivity contribution in [3.05, 3.63) is 29.3 Å². The van der Waals surface area contributed by atoms with Crippen molar-refractivity contribution in [3.63, 3.8) is 0 Å². The van der Waals surface area contributed by atoms with E-state index in [0.717, 1.165) is 0 Å². The van der Waals surface area contributed by atoms with Crippen molar-refractivity contribution in [3.8, 4) is 6.07 Å². The van der Waals surface area contributed by atoms with Crippen LogP contribution in [0.3, 0.4) is 0 Å². The van der Waals surface area contributed by atoms with Crippen LogP contribution < -0.4 is 0 Å². The molecule has 0 saturated carbocycles. The van der Waals surface area contributed by atoms with Crippen LogP contribution in [0.5, 0.6) is 0 Å². The number of nitrogens with zero attached hydrogens (tertiary/aromatic N) is 2. The van der Waals surface area contributed by atoms with Gasteiger partial charge < -0.3 is 4.90 Å². The molecule has 1 rings (SSSR count). The van der Waals surface area contributed by atoms with E-state index in [2.05, 4.69) is 0 Å². The van der Waals surface area contributed by atoms with Gasteiger partial charge in [0.25, 0.3) is 0 Å². The topological polar surface area (TPSA) is 78.2 Å². The lowest BCUT2D eigenvalue weighted by Gasteiger charge is -2.19. The van der Waals surface area contributed by atoms with E-state index in [1.807, 2.05) is 6.07 Å². The predicted octanol–water partition coefficient (Wildman–Crippen LogP) is 1.88. The van der Waals surface area contributed by atoms with Gasteiger partial charge in [0.2, 0.25) is 5.91 Å². The summed E-state index contributed by atoms with van der Waals surface area (Å²) < 4.78 is 24.2. The standard InChI is InChI=1S/C13H15ClN2O3S/c1-2-16(9-3-8-15)13(17)10-20(18,19)12-6-4-11(14)5-7-12/h4-7H,2-3,9-10H2,1H3. The first-order valence-electron chi connectivity index (χ1n) is 6.03. The van der Waals surface area contributed by atoms with Gasteiger partial charge in [0.15, 0.2) is 9.84 Å². The number of hydrogen-bond acceptors (Lipinski definition) is 4. The summed E-state index contributed by atoms with van der Waals surface area (Å²) in [5, 5.41) is 8.94. The molecule has 0 aliphatic carbocycles. The maximum Gasteiger partial charge on any atom is 0.238 e. The van der Waals surface area contributed by atoms with Crippen LogP contribution in [0.4, 0.5) is 0 Å². The van der Waals surface area contributed by atoms with Crippen LogP contribution in [0.1, 0.15) is 13.3 Å². The fourth-order valence-corrected chi connectivity index (χ4v) is 2.97.